The van der Waals surface area contributed by atoms with E-state index >= 15 is 0 Å². The molecule has 1 aliphatic heterocycles. The molecule has 0 radical (unpaired) electrons. The lowest BCUT2D eigenvalue weighted by Gasteiger charge is -2.31. The van der Waals surface area contributed by atoms with Gasteiger partial charge in [0.1, 0.15) is 5.54 Å². The van der Waals surface area contributed by atoms with Crippen molar-refractivity contribution in [2.75, 3.05) is 18.5 Å². The van der Waals surface area contributed by atoms with E-state index in [9.17, 15) is 4.79 Å². The molecule has 2 heterocycles. The number of carbonyl (C=O) groups excluding carboxylic acids is 1. The van der Waals surface area contributed by atoms with Gasteiger partial charge in [0.25, 0.3) is 0 Å². The molecular formula is C19H26ClN3O2S. The molecule has 26 heavy (non-hydrogen) atoms. The number of nitrogens with two attached hydrogens (primary N) is 1. The van der Waals surface area contributed by atoms with Crippen LogP contribution >= 0.6 is 23.7 Å². The highest BCUT2D eigenvalue weighted by molar-refractivity contribution is 7.16. The van der Waals surface area contributed by atoms with Crippen molar-refractivity contribution in [3.8, 4) is 11.3 Å². The van der Waals surface area contributed by atoms with E-state index in [4.69, 9.17) is 10.5 Å². The van der Waals surface area contributed by atoms with Crippen molar-refractivity contribution in [2.45, 2.75) is 45.1 Å². The van der Waals surface area contributed by atoms with Crippen LogP contribution in [0.15, 0.2) is 24.3 Å². The molecule has 0 unspecified atom stereocenters. The van der Waals surface area contributed by atoms with Gasteiger partial charge < -0.3 is 15.8 Å². The zero-order chi connectivity index (χ0) is 17.9. The molecule has 7 heteroatoms. The minimum absolute atomic E-state index is 0. The quantitative estimate of drug-likeness (QED) is 0.803. The molecule has 3 N–H and O–H groups in total. The normalized spacial score (nSPS) is 16.0. The number of amides is 1. The summed E-state index contributed by atoms with van der Waals surface area (Å²) in [5.74, 6) is -0.172. The van der Waals surface area contributed by atoms with E-state index in [2.05, 4.69) is 41.5 Å². The lowest BCUT2D eigenvalue weighted by atomic mass is 9.90. The van der Waals surface area contributed by atoms with Gasteiger partial charge in [0, 0.05) is 23.7 Å². The van der Waals surface area contributed by atoms with E-state index in [0.717, 1.165) is 29.0 Å². The summed E-state index contributed by atoms with van der Waals surface area (Å²) in [6.07, 6.45) is 3.29. The second-order valence-electron chi connectivity index (χ2n) is 6.59. The number of carbonyl (C=O) groups is 1. The Morgan fingerprint density at radius 2 is 1.96 bits per heavy atom. The fraction of sp³-hybridized carbons (Fsp3) is 0.474. The van der Waals surface area contributed by atoms with E-state index in [1.54, 1.807) is 0 Å². The van der Waals surface area contributed by atoms with Crippen LogP contribution in [0.1, 0.15) is 36.6 Å². The molecule has 3 rings (SSSR count). The van der Waals surface area contributed by atoms with Crippen molar-refractivity contribution in [2.24, 2.45) is 5.73 Å². The van der Waals surface area contributed by atoms with Gasteiger partial charge in [-0.05, 0) is 31.7 Å². The lowest BCUT2D eigenvalue weighted by molar-refractivity contribution is -0.124. The molecule has 0 aliphatic carbocycles. The topological polar surface area (TPSA) is 77.2 Å². The molecule has 0 bridgehead atoms. The number of aryl methyl sites for hydroxylation is 2. The first-order valence-electron chi connectivity index (χ1n) is 8.76. The van der Waals surface area contributed by atoms with Crippen LogP contribution in [0.5, 0.6) is 0 Å². The van der Waals surface area contributed by atoms with Crippen molar-refractivity contribution in [1.29, 1.82) is 0 Å². The summed E-state index contributed by atoms with van der Waals surface area (Å²) in [5.41, 5.74) is 8.70. The predicted molar refractivity (Wildman–Crippen MR) is 109 cm³/mol. The highest BCUT2D eigenvalue weighted by atomic mass is 35.5. The largest absolute Gasteiger partial charge is 0.381 e. The van der Waals surface area contributed by atoms with Crippen LogP contribution in [0, 0.1) is 6.92 Å². The maximum Gasteiger partial charge on any atom is 0.246 e. The van der Waals surface area contributed by atoms with Crippen molar-refractivity contribution < 1.29 is 9.53 Å². The van der Waals surface area contributed by atoms with Crippen LogP contribution in [0.2, 0.25) is 0 Å². The van der Waals surface area contributed by atoms with Crippen LogP contribution < -0.4 is 11.1 Å². The van der Waals surface area contributed by atoms with Crippen LogP contribution in [-0.4, -0.2) is 29.6 Å². The van der Waals surface area contributed by atoms with E-state index in [1.807, 2.05) is 6.92 Å². The maximum absolute atomic E-state index is 12.5. The molecule has 5 nitrogen and oxygen atoms in total. The molecule has 1 fully saturated rings. The molecule has 1 amide bonds. The van der Waals surface area contributed by atoms with Gasteiger partial charge in [0.2, 0.25) is 5.91 Å². The summed E-state index contributed by atoms with van der Waals surface area (Å²) in [6, 6.07) is 8.49. The summed E-state index contributed by atoms with van der Waals surface area (Å²) in [6.45, 7) is 5.25. The Labute approximate surface area is 164 Å². The van der Waals surface area contributed by atoms with Gasteiger partial charge in [-0.2, -0.15) is 0 Å². The standard InChI is InChI=1S/C19H25N3O2S.ClH/c1-3-4-14-5-7-15(8-6-14)16-13(2)25-18(21-16)22-17(23)19(20)9-11-24-12-10-19;/h5-8H,3-4,9-12,20H2,1-2H3,(H,21,22,23);1H. The number of benzene rings is 1. The van der Waals surface area contributed by atoms with E-state index in [0.29, 0.717) is 31.2 Å². The summed E-state index contributed by atoms with van der Waals surface area (Å²) < 4.78 is 5.30. The molecule has 1 aliphatic rings. The average Bonchev–Trinajstić information content (AvgIpc) is 2.97. The number of halogens is 1. The SMILES string of the molecule is CCCc1ccc(-c2nc(NC(=O)C3(N)CCOCC3)sc2C)cc1.Cl. The third-order valence-electron chi connectivity index (χ3n) is 4.62. The van der Waals surface area contributed by atoms with Gasteiger partial charge >= 0.3 is 0 Å². The highest BCUT2D eigenvalue weighted by Crippen LogP contribution is 2.31. The maximum atomic E-state index is 12.5. The molecule has 0 saturated carbocycles. The number of hydrogen-bond acceptors (Lipinski definition) is 5. The van der Waals surface area contributed by atoms with Crippen LogP contribution in [0.4, 0.5) is 5.13 Å². The number of nitrogens with one attached hydrogen (secondary N) is 1. The molecule has 0 atom stereocenters. The Morgan fingerprint density at radius 3 is 2.58 bits per heavy atom. The molecule has 0 spiro atoms. The minimum Gasteiger partial charge on any atom is -0.381 e. The lowest BCUT2D eigenvalue weighted by Crippen LogP contribution is -2.54. The number of thiazole rings is 1. The molecule has 1 aromatic heterocycles. The summed E-state index contributed by atoms with van der Waals surface area (Å²) in [4.78, 5) is 18.2. The second kappa shape index (κ2) is 8.95. The zero-order valence-corrected chi connectivity index (χ0v) is 16.8. The first-order chi connectivity index (χ1) is 12.0. The molecule has 1 saturated heterocycles. The predicted octanol–water partition coefficient (Wildman–Crippen LogP) is 3.94. The van der Waals surface area contributed by atoms with Gasteiger partial charge in [-0.25, -0.2) is 4.98 Å². The second-order valence-corrected chi connectivity index (χ2v) is 7.80. The van der Waals surface area contributed by atoms with Gasteiger partial charge in [-0.3, -0.25) is 4.79 Å². The zero-order valence-electron chi connectivity index (χ0n) is 15.2. The smallest absolute Gasteiger partial charge is 0.246 e. The van der Waals surface area contributed by atoms with E-state index in [-0.39, 0.29) is 18.3 Å². The fourth-order valence-electron chi connectivity index (χ4n) is 3.02. The number of anilines is 1. The van der Waals surface area contributed by atoms with Crippen molar-refractivity contribution in [1.82, 2.24) is 4.98 Å². The molecular weight excluding hydrogens is 370 g/mol. The van der Waals surface area contributed by atoms with Crippen LogP contribution in [0.25, 0.3) is 11.3 Å². The summed E-state index contributed by atoms with van der Waals surface area (Å²) in [7, 11) is 0. The highest BCUT2D eigenvalue weighted by Gasteiger charge is 2.36. The van der Waals surface area contributed by atoms with Gasteiger partial charge in [-0.1, -0.05) is 37.6 Å². The number of ether oxygens (including phenoxy) is 1. The van der Waals surface area contributed by atoms with Crippen molar-refractivity contribution >= 4 is 34.8 Å². The fourth-order valence-corrected chi connectivity index (χ4v) is 3.85. The third kappa shape index (κ3) is 4.62. The number of nitrogens with zero attached hydrogens (tertiary/aromatic N) is 1. The minimum atomic E-state index is -0.861. The Kier molecular flexibility index (Phi) is 7.17. The Bertz CT molecular complexity index is 740. The average molecular weight is 396 g/mol. The van der Waals surface area contributed by atoms with Gasteiger partial charge in [0.05, 0.1) is 5.69 Å². The number of rotatable bonds is 5. The van der Waals surface area contributed by atoms with Gasteiger partial charge in [-0.15, -0.1) is 23.7 Å². The first kappa shape index (κ1) is 20.8. The monoisotopic (exact) mass is 395 g/mol. The van der Waals surface area contributed by atoms with Crippen LogP contribution in [-0.2, 0) is 16.0 Å². The Balaban J connectivity index is 0.00000243. The van der Waals surface area contributed by atoms with E-state index in [1.165, 1.54) is 16.9 Å². The third-order valence-corrected chi connectivity index (χ3v) is 5.51. The molecule has 2 aromatic rings. The van der Waals surface area contributed by atoms with E-state index < -0.39 is 5.54 Å². The van der Waals surface area contributed by atoms with Crippen LogP contribution in [0.3, 0.4) is 0 Å². The number of hydrogen-bond donors (Lipinski definition) is 2. The summed E-state index contributed by atoms with van der Waals surface area (Å²) >= 11 is 1.48. The first-order valence-corrected chi connectivity index (χ1v) is 9.58. The molecule has 142 valence electrons. The van der Waals surface area contributed by atoms with Gasteiger partial charge in [0.15, 0.2) is 5.13 Å². The Hall–Kier alpha value is -1.47. The van der Waals surface area contributed by atoms with Crippen molar-refractivity contribution in [3.63, 3.8) is 0 Å². The Morgan fingerprint density at radius 1 is 1.31 bits per heavy atom. The molecule has 1 aromatic carbocycles. The number of aromatic nitrogens is 1. The van der Waals surface area contributed by atoms with Crippen molar-refractivity contribution in [3.05, 3.63) is 34.7 Å². The summed E-state index contributed by atoms with van der Waals surface area (Å²) in [5, 5.41) is 3.51.